The lowest BCUT2D eigenvalue weighted by molar-refractivity contribution is -0.127. The van der Waals surface area contributed by atoms with Gasteiger partial charge in [-0.3, -0.25) is 4.79 Å². The summed E-state index contributed by atoms with van der Waals surface area (Å²) in [4.78, 5) is 11.3. The van der Waals surface area contributed by atoms with Crippen LogP contribution in [-0.4, -0.2) is 53.3 Å². The molecule has 0 amide bonds. The second kappa shape index (κ2) is 10.4. The normalized spacial score (nSPS) is 11.5. The van der Waals surface area contributed by atoms with E-state index in [-0.39, 0.29) is 24.4 Å². The van der Waals surface area contributed by atoms with Crippen LogP contribution in [0.25, 0.3) is 0 Å². The first-order chi connectivity index (χ1) is 10.5. The number of carbonyl (C=O) groups excluding carboxylic acids is 1. The Morgan fingerprint density at radius 1 is 1.18 bits per heavy atom. The molecule has 0 atom stereocenters. The highest BCUT2D eigenvalue weighted by Crippen LogP contribution is 1.99. The van der Waals surface area contributed by atoms with Crippen molar-refractivity contribution >= 4 is 5.78 Å². The number of aromatic nitrogens is 3. The molecule has 0 aliphatic rings. The summed E-state index contributed by atoms with van der Waals surface area (Å²) in [7, 11) is 0. The van der Waals surface area contributed by atoms with E-state index in [4.69, 9.17) is 14.2 Å². The third kappa shape index (κ3) is 8.21. The van der Waals surface area contributed by atoms with Crippen LogP contribution in [0.1, 0.15) is 33.4 Å². The molecule has 0 radical (unpaired) electrons. The zero-order valence-corrected chi connectivity index (χ0v) is 13.9. The zero-order chi connectivity index (χ0) is 16.4. The molecule has 1 aromatic rings. The number of carbonyl (C=O) groups is 1. The molecule has 0 aliphatic heterocycles. The maximum absolute atomic E-state index is 11.3. The molecule has 7 heteroatoms. The van der Waals surface area contributed by atoms with Crippen molar-refractivity contribution in [3.8, 4) is 0 Å². The van der Waals surface area contributed by atoms with Gasteiger partial charge in [0.2, 0.25) is 0 Å². The van der Waals surface area contributed by atoms with Crippen molar-refractivity contribution in [1.29, 1.82) is 0 Å². The van der Waals surface area contributed by atoms with Crippen LogP contribution >= 0.6 is 0 Å². The molecule has 0 N–H and O–H groups in total. The van der Waals surface area contributed by atoms with Crippen LogP contribution in [0.2, 0.25) is 0 Å². The largest absolute Gasteiger partial charge is 0.377 e. The first-order valence-corrected chi connectivity index (χ1v) is 7.68. The molecule has 7 nitrogen and oxygen atoms in total. The van der Waals surface area contributed by atoms with E-state index in [0.717, 1.165) is 5.69 Å². The molecule has 22 heavy (non-hydrogen) atoms. The fraction of sp³-hybridized carbons (Fsp3) is 0.800. The molecule has 1 heterocycles. The minimum atomic E-state index is 0.0158. The standard InChI is InChI=1S/C15H27N3O4/c1-12(2)15(19)11-21-8-7-20-6-5-18-9-14(16-17-18)10-22-13(3)4/h9,12-13H,5-8,10-11H2,1-4H3. The highest BCUT2D eigenvalue weighted by atomic mass is 16.5. The second-order valence-corrected chi connectivity index (χ2v) is 5.62. The van der Waals surface area contributed by atoms with Crippen molar-refractivity contribution in [2.75, 3.05) is 26.4 Å². The van der Waals surface area contributed by atoms with Crippen molar-refractivity contribution in [2.45, 2.75) is 47.0 Å². The lowest BCUT2D eigenvalue weighted by atomic mass is 10.1. The number of ether oxygens (including phenoxy) is 3. The van der Waals surface area contributed by atoms with E-state index in [1.807, 2.05) is 33.9 Å². The average Bonchev–Trinajstić information content (AvgIpc) is 2.91. The van der Waals surface area contributed by atoms with E-state index < -0.39 is 0 Å². The monoisotopic (exact) mass is 313 g/mol. The van der Waals surface area contributed by atoms with Gasteiger partial charge in [0.25, 0.3) is 0 Å². The number of Topliss-reactive ketones (excluding diaryl/α,β-unsaturated/α-hetero) is 1. The molecule has 1 rings (SSSR count). The number of hydrogen-bond acceptors (Lipinski definition) is 6. The Morgan fingerprint density at radius 3 is 2.59 bits per heavy atom. The predicted molar refractivity (Wildman–Crippen MR) is 81.4 cm³/mol. The quantitative estimate of drug-likeness (QED) is 0.544. The summed E-state index contributed by atoms with van der Waals surface area (Å²) >= 11 is 0. The maximum atomic E-state index is 11.3. The molecule has 0 bridgehead atoms. The molecular weight excluding hydrogens is 286 g/mol. The molecule has 0 aromatic carbocycles. The number of ketones is 1. The van der Waals surface area contributed by atoms with E-state index in [9.17, 15) is 4.79 Å². The molecule has 1 aromatic heterocycles. The molecule has 0 saturated carbocycles. The van der Waals surface area contributed by atoms with Gasteiger partial charge in [-0.15, -0.1) is 5.10 Å². The van der Waals surface area contributed by atoms with Gasteiger partial charge in [0.15, 0.2) is 5.78 Å². The number of rotatable bonds is 12. The summed E-state index contributed by atoms with van der Waals surface area (Å²) < 4.78 is 17.9. The van der Waals surface area contributed by atoms with Crippen LogP contribution in [0.15, 0.2) is 6.20 Å². The molecule has 0 unspecified atom stereocenters. The number of nitrogens with zero attached hydrogens (tertiary/aromatic N) is 3. The Bertz CT molecular complexity index is 432. The lowest BCUT2D eigenvalue weighted by Crippen LogP contribution is -2.17. The van der Waals surface area contributed by atoms with Crippen molar-refractivity contribution in [1.82, 2.24) is 15.0 Å². The van der Waals surface area contributed by atoms with Crippen molar-refractivity contribution in [3.05, 3.63) is 11.9 Å². The highest BCUT2D eigenvalue weighted by Gasteiger charge is 2.06. The smallest absolute Gasteiger partial charge is 0.160 e. The second-order valence-electron chi connectivity index (χ2n) is 5.62. The minimum absolute atomic E-state index is 0.0158. The van der Waals surface area contributed by atoms with Gasteiger partial charge in [-0.05, 0) is 13.8 Å². The third-order valence-corrected chi connectivity index (χ3v) is 2.88. The molecule has 126 valence electrons. The van der Waals surface area contributed by atoms with E-state index in [2.05, 4.69) is 10.3 Å². The average molecular weight is 313 g/mol. The van der Waals surface area contributed by atoms with Crippen LogP contribution in [0.5, 0.6) is 0 Å². The van der Waals surface area contributed by atoms with Gasteiger partial charge in [-0.25, -0.2) is 4.68 Å². The fourth-order valence-corrected chi connectivity index (χ4v) is 1.48. The SMILES string of the molecule is CC(C)OCc1cn(CCOCCOCC(=O)C(C)C)nn1. The van der Waals surface area contributed by atoms with Gasteiger partial charge in [-0.1, -0.05) is 19.1 Å². The van der Waals surface area contributed by atoms with E-state index >= 15 is 0 Å². The zero-order valence-electron chi connectivity index (χ0n) is 13.9. The molecule has 0 saturated heterocycles. The van der Waals surface area contributed by atoms with Crippen molar-refractivity contribution in [2.24, 2.45) is 5.92 Å². The van der Waals surface area contributed by atoms with Crippen molar-refractivity contribution < 1.29 is 19.0 Å². The van der Waals surface area contributed by atoms with Crippen LogP contribution in [-0.2, 0) is 32.2 Å². The molecule has 0 aliphatic carbocycles. The van der Waals surface area contributed by atoms with E-state index in [0.29, 0.717) is 33.0 Å². The summed E-state index contributed by atoms with van der Waals surface area (Å²) in [6, 6.07) is 0. The Hall–Kier alpha value is -1.31. The highest BCUT2D eigenvalue weighted by molar-refractivity contribution is 5.81. The molecular formula is C15H27N3O4. The van der Waals surface area contributed by atoms with Gasteiger partial charge >= 0.3 is 0 Å². The lowest BCUT2D eigenvalue weighted by Gasteiger charge is -2.06. The van der Waals surface area contributed by atoms with Gasteiger partial charge in [0, 0.05) is 5.92 Å². The Balaban J connectivity index is 2.04. The summed E-state index contributed by atoms with van der Waals surface area (Å²) in [5.41, 5.74) is 0.809. The Kier molecular flexibility index (Phi) is 8.88. The molecule has 0 fully saturated rings. The Labute approximate surface area is 131 Å². The summed E-state index contributed by atoms with van der Waals surface area (Å²) in [5, 5.41) is 8.02. The summed E-state index contributed by atoms with van der Waals surface area (Å²) in [5.74, 6) is 0.126. The van der Waals surface area contributed by atoms with Gasteiger partial charge in [0.1, 0.15) is 12.3 Å². The van der Waals surface area contributed by atoms with Crippen LogP contribution in [0.4, 0.5) is 0 Å². The summed E-state index contributed by atoms with van der Waals surface area (Å²) in [6.45, 7) is 10.3. The van der Waals surface area contributed by atoms with Gasteiger partial charge in [-0.2, -0.15) is 0 Å². The first-order valence-electron chi connectivity index (χ1n) is 7.68. The van der Waals surface area contributed by atoms with E-state index in [1.54, 1.807) is 4.68 Å². The molecule has 0 spiro atoms. The van der Waals surface area contributed by atoms with Crippen molar-refractivity contribution in [3.63, 3.8) is 0 Å². The fourth-order valence-electron chi connectivity index (χ4n) is 1.48. The van der Waals surface area contributed by atoms with Crippen LogP contribution in [0.3, 0.4) is 0 Å². The maximum Gasteiger partial charge on any atom is 0.160 e. The number of hydrogen-bond donors (Lipinski definition) is 0. The summed E-state index contributed by atoms with van der Waals surface area (Å²) in [6.07, 6.45) is 2.03. The predicted octanol–water partition coefficient (Wildman–Crippen LogP) is 1.46. The minimum Gasteiger partial charge on any atom is -0.377 e. The van der Waals surface area contributed by atoms with Gasteiger partial charge in [0.05, 0.1) is 45.3 Å². The van der Waals surface area contributed by atoms with Crippen LogP contribution < -0.4 is 0 Å². The third-order valence-electron chi connectivity index (χ3n) is 2.88. The topological polar surface area (TPSA) is 75.5 Å². The Morgan fingerprint density at radius 2 is 1.91 bits per heavy atom. The first kappa shape index (κ1) is 18.7. The van der Waals surface area contributed by atoms with Crippen LogP contribution in [0, 0.1) is 5.92 Å². The van der Waals surface area contributed by atoms with Gasteiger partial charge < -0.3 is 14.2 Å². The van der Waals surface area contributed by atoms with E-state index in [1.165, 1.54) is 0 Å².